The van der Waals surface area contributed by atoms with Crippen LogP contribution in [-0.2, 0) is 4.79 Å². The Morgan fingerprint density at radius 1 is 1.11 bits per heavy atom. The van der Waals surface area contributed by atoms with Crippen LogP contribution in [0.3, 0.4) is 0 Å². The van der Waals surface area contributed by atoms with Crippen LogP contribution in [-0.4, -0.2) is 54.7 Å². The molecular weight excluding hydrogens is 380 g/mol. The summed E-state index contributed by atoms with van der Waals surface area (Å²) in [7, 11) is 0. The normalized spacial score (nSPS) is 14.4. The zero-order valence-electron chi connectivity index (χ0n) is 14.6. The van der Waals surface area contributed by atoms with E-state index in [2.05, 4.69) is 25.1 Å². The van der Waals surface area contributed by atoms with Crippen molar-refractivity contribution in [2.75, 3.05) is 18.8 Å². The molecule has 1 fully saturated rings. The van der Waals surface area contributed by atoms with Crippen LogP contribution in [0.4, 0.5) is 0 Å². The zero-order chi connectivity index (χ0) is 18.9. The van der Waals surface area contributed by atoms with Crippen molar-refractivity contribution in [3.63, 3.8) is 0 Å². The van der Waals surface area contributed by atoms with Crippen molar-refractivity contribution >= 4 is 28.8 Å². The largest absolute Gasteiger partial charge is 0.431 e. The number of para-hydroxylation sites is 2. The van der Waals surface area contributed by atoms with Crippen LogP contribution >= 0.6 is 11.8 Å². The molecule has 0 N–H and O–H groups in total. The molecule has 1 amide bonds. The lowest BCUT2D eigenvalue weighted by Gasteiger charge is -2.36. The van der Waals surface area contributed by atoms with Gasteiger partial charge in [-0.25, -0.2) is 15.0 Å². The number of carbonyl (C=O) groups is 1. The van der Waals surface area contributed by atoms with Crippen molar-refractivity contribution in [3.8, 4) is 11.6 Å². The summed E-state index contributed by atoms with van der Waals surface area (Å²) in [6.07, 6.45) is 3.24. The first kappa shape index (κ1) is 16.9. The molecule has 0 radical (unpaired) electrons. The number of likely N-dealkylation sites (tertiary alicyclic amines) is 1. The number of hydrogen-bond donors (Lipinski definition) is 0. The fourth-order valence-corrected chi connectivity index (χ4v) is 3.61. The first-order valence-corrected chi connectivity index (χ1v) is 9.62. The summed E-state index contributed by atoms with van der Waals surface area (Å²) in [4.78, 5) is 31.0. The Bertz CT molecular complexity index is 1090. The highest BCUT2D eigenvalue weighted by Crippen LogP contribution is 2.29. The second kappa shape index (κ2) is 7.04. The zero-order valence-corrected chi connectivity index (χ0v) is 15.4. The van der Waals surface area contributed by atoms with Crippen molar-refractivity contribution in [1.29, 1.82) is 0 Å². The van der Waals surface area contributed by atoms with Gasteiger partial charge in [0.1, 0.15) is 5.52 Å². The average molecular weight is 394 g/mol. The molecule has 1 saturated heterocycles. The van der Waals surface area contributed by atoms with Gasteiger partial charge in [0.05, 0.1) is 11.7 Å². The summed E-state index contributed by atoms with van der Waals surface area (Å²) < 4.78 is 10.9. The molecule has 10 heteroatoms. The highest BCUT2D eigenvalue weighted by molar-refractivity contribution is 7.99. The van der Waals surface area contributed by atoms with Crippen molar-refractivity contribution < 1.29 is 13.7 Å². The van der Waals surface area contributed by atoms with E-state index in [1.165, 1.54) is 11.8 Å². The number of hydrogen-bond acceptors (Lipinski definition) is 9. The third-order valence-electron chi connectivity index (χ3n) is 4.38. The van der Waals surface area contributed by atoms with Gasteiger partial charge in [-0.2, -0.15) is 4.98 Å². The summed E-state index contributed by atoms with van der Waals surface area (Å²) in [5.41, 5.74) is 1.51. The van der Waals surface area contributed by atoms with Gasteiger partial charge < -0.3 is 13.8 Å². The highest BCUT2D eigenvalue weighted by atomic mass is 32.2. The molecule has 5 rings (SSSR count). The number of rotatable bonds is 5. The summed E-state index contributed by atoms with van der Waals surface area (Å²) in [5, 5.41) is 4.41. The molecule has 0 spiro atoms. The van der Waals surface area contributed by atoms with E-state index in [-0.39, 0.29) is 17.6 Å². The standard InChI is InChI=1S/C18H14N6O3S/c25-14(10-28-18-21-12-4-1-2-5-13(12)26-18)24-8-11(9-24)17-22-16(23-27-17)15-19-6-3-7-20-15/h1-7,11H,8-10H2. The van der Waals surface area contributed by atoms with E-state index in [0.29, 0.717) is 35.9 Å². The minimum atomic E-state index is 0.0228. The average Bonchev–Trinajstić information content (AvgIpc) is 3.33. The molecule has 1 aromatic carbocycles. The lowest BCUT2D eigenvalue weighted by atomic mass is 10.0. The van der Waals surface area contributed by atoms with Gasteiger partial charge in [0, 0.05) is 25.5 Å². The van der Waals surface area contributed by atoms with Gasteiger partial charge in [0.25, 0.3) is 5.22 Å². The lowest BCUT2D eigenvalue weighted by Crippen LogP contribution is -2.49. The molecule has 1 aliphatic heterocycles. The van der Waals surface area contributed by atoms with Crippen molar-refractivity contribution in [2.24, 2.45) is 0 Å². The van der Waals surface area contributed by atoms with Gasteiger partial charge >= 0.3 is 0 Å². The van der Waals surface area contributed by atoms with Gasteiger partial charge in [-0.05, 0) is 18.2 Å². The van der Waals surface area contributed by atoms with Crippen LogP contribution < -0.4 is 0 Å². The molecule has 140 valence electrons. The summed E-state index contributed by atoms with van der Waals surface area (Å²) >= 11 is 1.29. The van der Waals surface area contributed by atoms with E-state index in [4.69, 9.17) is 8.94 Å². The molecule has 3 aromatic heterocycles. The smallest absolute Gasteiger partial charge is 0.257 e. The minimum Gasteiger partial charge on any atom is -0.431 e. The number of fused-ring (bicyclic) bond motifs is 1. The molecule has 28 heavy (non-hydrogen) atoms. The van der Waals surface area contributed by atoms with Gasteiger partial charge in [0.15, 0.2) is 5.58 Å². The maximum Gasteiger partial charge on any atom is 0.257 e. The monoisotopic (exact) mass is 394 g/mol. The van der Waals surface area contributed by atoms with Crippen LogP contribution in [0.5, 0.6) is 0 Å². The van der Waals surface area contributed by atoms with Gasteiger partial charge in [0.2, 0.25) is 23.4 Å². The molecule has 0 aliphatic carbocycles. The third-order valence-corrected chi connectivity index (χ3v) is 5.20. The first-order chi connectivity index (χ1) is 13.8. The molecular formula is C18H14N6O3S. The number of aromatic nitrogens is 5. The van der Waals surface area contributed by atoms with E-state index < -0.39 is 0 Å². The fraction of sp³-hybridized carbons (Fsp3) is 0.222. The van der Waals surface area contributed by atoms with Crippen LogP contribution in [0, 0.1) is 0 Å². The van der Waals surface area contributed by atoms with Gasteiger partial charge in [-0.1, -0.05) is 29.1 Å². The summed E-state index contributed by atoms with van der Waals surface area (Å²) in [6.45, 7) is 1.09. The second-order valence-electron chi connectivity index (χ2n) is 6.26. The molecule has 0 unspecified atom stereocenters. The van der Waals surface area contributed by atoms with E-state index in [9.17, 15) is 4.79 Å². The second-order valence-corrected chi connectivity index (χ2v) is 7.19. The highest BCUT2D eigenvalue weighted by Gasteiger charge is 2.35. The van der Waals surface area contributed by atoms with Crippen LogP contribution in [0.2, 0.25) is 0 Å². The van der Waals surface area contributed by atoms with E-state index >= 15 is 0 Å². The first-order valence-electron chi connectivity index (χ1n) is 8.63. The molecule has 1 aliphatic rings. The summed E-state index contributed by atoms with van der Waals surface area (Å²) in [5.74, 6) is 1.59. The quantitative estimate of drug-likeness (QED) is 0.471. The SMILES string of the molecule is O=C(CSc1nc2ccccc2o1)N1CC(c2nc(-c3ncccn3)no2)C1. The third kappa shape index (κ3) is 3.22. The Balaban J connectivity index is 1.15. The number of benzene rings is 1. The van der Waals surface area contributed by atoms with Gasteiger partial charge in [-0.15, -0.1) is 0 Å². The van der Waals surface area contributed by atoms with E-state index in [0.717, 1.165) is 11.1 Å². The Morgan fingerprint density at radius 2 is 1.93 bits per heavy atom. The minimum absolute atomic E-state index is 0.0228. The molecule has 0 bridgehead atoms. The summed E-state index contributed by atoms with van der Waals surface area (Å²) in [6, 6.07) is 9.24. The van der Waals surface area contributed by atoms with E-state index in [1.54, 1.807) is 23.4 Å². The molecule has 9 nitrogen and oxygen atoms in total. The van der Waals surface area contributed by atoms with Crippen molar-refractivity contribution in [3.05, 3.63) is 48.6 Å². The van der Waals surface area contributed by atoms with Crippen molar-refractivity contribution in [2.45, 2.75) is 11.1 Å². The predicted octanol–water partition coefficient (Wildman–Crippen LogP) is 2.39. The number of oxazole rings is 1. The Kier molecular flexibility index (Phi) is 4.24. The molecule has 0 saturated carbocycles. The predicted molar refractivity (Wildman–Crippen MR) is 99.4 cm³/mol. The maximum atomic E-state index is 12.4. The van der Waals surface area contributed by atoms with Gasteiger partial charge in [-0.3, -0.25) is 4.79 Å². The Morgan fingerprint density at radius 3 is 2.75 bits per heavy atom. The Hall–Kier alpha value is -3.27. The number of carbonyl (C=O) groups excluding carboxylic acids is 1. The fourth-order valence-electron chi connectivity index (χ4n) is 2.87. The van der Waals surface area contributed by atoms with Crippen molar-refractivity contribution in [1.82, 2.24) is 30.0 Å². The molecule has 4 aromatic rings. The molecule has 0 atom stereocenters. The number of nitrogens with zero attached hydrogens (tertiary/aromatic N) is 6. The van der Waals surface area contributed by atoms with E-state index in [1.807, 2.05) is 24.3 Å². The lowest BCUT2D eigenvalue weighted by molar-refractivity contribution is -0.133. The Labute approximate surface area is 163 Å². The van der Waals surface area contributed by atoms with Crippen LogP contribution in [0.15, 0.2) is 56.9 Å². The van der Waals surface area contributed by atoms with Crippen LogP contribution in [0.25, 0.3) is 22.7 Å². The topological polar surface area (TPSA) is 111 Å². The number of amides is 1. The maximum absolute atomic E-state index is 12.4. The van der Waals surface area contributed by atoms with Crippen LogP contribution in [0.1, 0.15) is 11.8 Å². The number of thioether (sulfide) groups is 1. The molecule has 4 heterocycles.